The zero-order valence-electron chi connectivity index (χ0n) is 12.5. The first-order valence-electron chi connectivity index (χ1n) is 7.70. The molecule has 1 atom stereocenters. The molecule has 0 aliphatic carbocycles. The van der Waals surface area contributed by atoms with Crippen molar-refractivity contribution in [2.45, 2.75) is 25.4 Å². The predicted octanol–water partition coefficient (Wildman–Crippen LogP) is 0.897. The average Bonchev–Trinajstić information content (AvgIpc) is 2.95. The van der Waals surface area contributed by atoms with Crippen LogP contribution in [0.1, 0.15) is 18.4 Å². The summed E-state index contributed by atoms with van der Waals surface area (Å²) in [5, 5.41) is 2.97. The van der Waals surface area contributed by atoms with Crippen molar-refractivity contribution < 1.29 is 14.3 Å². The number of nitrogens with zero attached hydrogens (tertiary/aromatic N) is 1. The van der Waals surface area contributed by atoms with Crippen LogP contribution in [0.3, 0.4) is 0 Å². The standard InChI is InChI=1S/C16H21N3O3/c17-16(21)19-7-5-11(6-8-19)15(20)18-10-13-9-12-3-1-2-4-14(12)22-13/h1-4,11,13H,5-10H2,(H2,17,21)(H,18,20)/t13-/m1/s1. The van der Waals surface area contributed by atoms with Crippen LogP contribution in [0, 0.1) is 5.92 Å². The largest absolute Gasteiger partial charge is 0.488 e. The van der Waals surface area contributed by atoms with Gasteiger partial charge in [0.1, 0.15) is 11.9 Å². The summed E-state index contributed by atoms with van der Waals surface area (Å²) in [7, 11) is 0. The van der Waals surface area contributed by atoms with Crippen LogP contribution in [-0.4, -0.2) is 42.6 Å². The molecule has 0 unspecified atom stereocenters. The van der Waals surface area contributed by atoms with Crippen molar-refractivity contribution in [3.05, 3.63) is 29.8 Å². The maximum atomic E-state index is 12.2. The summed E-state index contributed by atoms with van der Waals surface area (Å²) in [5.41, 5.74) is 6.43. The van der Waals surface area contributed by atoms with Crippen LogP contribution in [0.4, 0.5) is 4.79 Å². The molecule has 2 aliphatic rings. The Kier molecular flexibility index (Phi) is 4.18. The van der Waals surface area contributed by atoms with Crippen LogP contribution in [0.2, 0.25) is 0 Å². The van der Waals surface area contributed by atoms with Gasteiger partial charge in [-0.15, -0.1) is 0 Å². The Morgan fingerprint density at radius 1 is 1.27 bits per heavy atom. The molecule has 0 saturated carbocycles. The lowest BCUT2D eigenvalue weighted by atomic mass is 9.96. The van der Waals surface area contributed by atoms with Crippen molar-refractivity contribution >= 4 is 11.9 Å². The summed E-state index contributed by atoms with van der Waals surface area (Å²) in [6.45, 7) is 1.63. The first-order chi connectivity index (χ1) is 10.6. The zero-order chi connectivity index (χ0) is 15.5. The molecule has 6 nitrogen and oxygen atoms in total. The third-order valence-corrected chi connectivity index (χ3v) is 4.40. The average molecular weight is 303 g/mol. The van der Waals surface area contributed by atoms with Crippen LogP contribution in [-0.2, 0) is 11.2 Å². The first kappa shape index (κ1) is 14.7. The van der Waals surface area contributed by atoms with Gasteiger partial charge < -0.3 is 20.7 Å². The lowest BCUT2D eigenvalue weighted by molar-refractivity contribution is -0.126. The number of amides is 3. The molecule has 0 radical (unpaired) electrons. The van der Waals surface area contributed by atoms with Crippen molar-refractivity contribution in [2.24, 2.45) is 11.7 Å². The molecular formula is C16H21N3O3. The predicted molar refractivity (Wildman–Crippen MR) is 81.5 cm³/mol. The Morgan fingerprint density at radius 3 is 2.68 bits per heavy atom. The molecule has 3 amide bonds. The molecule has 6 heteroatoms. The second kappa shape index (κ2) is 6.25. The molecule has 2 heterocycles. The molecule has 0 bridgehead atoms. The molecule has 22 heavy (non-hydrogen) atoms. The van der Waals surface area contributed by atoms with Gasteiger partial charge >= 0.3 is 6.03 Å². The van der Waals surface area contributed by atoms with Gasteiger partial charge in [0, 0.05) is 25.4 Å². The van der Waals surface area contributed by atoms with Crippen molar-refractivity contribution in [1.82, 2.24) is 10.2 Å². The van der Waals surface area contributed by atoms with E-state index in [0.717, 1.165) is 12.2 Å². The number of hydrogen-bond acceptors (Lipinski definition) is 3. The fraction of sp³-hybridized carbons (Fsp3) is 0.500. The minimum atomic E-state index is -0.407. The van der Waals surface area contributed by atoms with Gasteiger partial charge in [-0.2, -0.15) is 0 Å². The fourth-order valence-corrected chi connectivity index (χ4v) is 3.09. The summed E-state index contributed by atoms with van der Waals surface area (Å²) in [5.74, 6) is 0.916. The van der Waals surface area contributed by atoms with Gasteiger partial charge in [0.05, 0.1) is 6.54 Å². The Balaban J connectivity index is 1.43. The third kappa shape index (κ3) is 3.16. The normalized spacial score (nSPS) is 21.1. The van der Waals surface area contributed by atoms with Crippen molar-refractivity contribution in [3.63, 3.8) is 0 Å². The number of urea groups is 1. The molecule has 0 spiro atoms. The summed E-state index contributed by atoms with van der Waals surface area (Å²) >= 11 is 0. The number of primary amides is 1. The van der Waals surface area contributed by atoms with Crippen molar-refractivity contribution in [1.29, 1.82) is 0 Å². The van der Waals surface area contributed by atoms with Gasteiger partial charge in [0.25, 0.3) is 0 Å². The number of likely N-dealkylation sites (tertiary alicyclic amines) is 1. The van der Waals surface area contributed by atoms with Crippen molar-refractivity contribution in [3.8, 4) is 5.75 Å². The monoisotopic (exact) mass is 303 g/mol. The highest BCUT2D eigenvalue weighted by atomic mass is 16.5. The minimum absolute atomic E-state index is 0.00654. The number of nitrogens with one attached hydrogen (secondary N) is 1. The summed E-state index contributed by atoms with van der Waals surface area (Å²) < 4.78 is 5.81. The topological polar surface area (TPSA) is 84.7 Å². The van der Waals surface area contributed by atoms with Crippen molar-refractivity contribution in [2.75, 3.05) is 19.6 Å². The van der Waals surface area contributed by atoms with Gasteiger partial charge in [-0.25, -0.2) is 4.79 Å². The molecule has 1 aromatic rings. The molecule has 1 aromatic carbocycles. The summed E-state index contributed by atoms with van der Waals surface area (Å²) in [6.07, 6.45) is 2.17. The number of carbonyl (C=O) groups excluding carboxylic acids is 2. The highest BCUT2D eigenvalue weighted by molar-refractivity contribution is 5.79. The Morgan fingerprint density at radius 2 is 2.00 bits per heavy atom. The highest BCUT2D eigenvalue weighted by Crippen LogP contribution is 2.27. The van der Waals surface area contributed by atoms with Gasteiger partial charge in [-0.1, -0.05) is 18.2 Å². The number of ether oxygens (including phenoxy) is 1. The number of rotatable bonds is 3. The van der Waals surface area contributed by atoms with E-state index in [4.69, 9.17) is 10.5 Å². The number of nitrogens with two attached hydrogens (primary N) is 1. The fourth-order valence-electron chi connectivity index (χ4n) is 3.09. The lowest BCUT2D eigenvalue weighted by Crippen LogP contribution is -2.46. The smallest absolute Gasteiger partial charge is 0.314 e. The second-order valence-corrected chi connectivity index (χ2v) is 5.90. The van der Waals surface area contributed by atoms with E-state index in [9.17, 15) is 9.59 Å². The second-order valence-electron chi connectivity index (χ2n) is 5.90. The minimum Gasteiger partial charge on any atom is -0.488 e. The van der Waals surface area contributed by atoms with Crippen LogP contribution in [0.5, 0.6) is 5.75 Å². The zero-order valence-corrected chi connectivity index (χ0v) is 12.5. The first-order valence-corrected chi connectivity index (χ1v) is 7.70. The maximum Gasteiger partial charge on any atom is 0.314 e. The maximum absolute atomic E-state index is 12.2. The lowest BCUT2D eigenvalue weighted by Gasteiger charge is -2.30. The van der Waals surface area contributed by atoms with E-state index in [-0.39, 0.29) is 17.9 Å². The Bertz CT molecular complexity index is 543. The molecule has 118 valence electrons. The molecule has 1 fully saturated rings. The van der Waals surface area contributed by atoms with Gasteiger partial charge in [-0.3, -0.25) is 4.79 Å². The van der Waals surface area contributed by atoms with E-state index in [1.54, 1.807) is 4.90 Å². The summed E-state index contributed by atoms with van der Waals surface area (Å²) in [4.78, 5) is 24.9. The van der Waals surface area contributed by atoms with Gasteiger partial charge in [0.2, 0.25) is 5.91 Å². The van der Waals surface area contributed by atoms with E-state index < -0.39 is 6.03 Å². The van der Waals surface area contributed by atoms with Crippen LogP contribution in [0.15, 0.2) is 24.3 Å². The van der Waals surface area contributed by atoms with E-state index in [0.29, 0.717) is 32.5 Å². The van der Waals surface area contributed by atoms with Crippen LogP contribution < -0.4 is 15.8 Å². The Labute approximate surface area is 129 Å². The molecule has 3 N–H and O–H groups in total. The number of fused-ring (bicyclic) bond motifs is 1. The number of carbonyl (C=O) groups is 2. The Hall–Kier alpha value is -2.24. The number of hydrogen-bond donors (Lipinski definition) is 2. The summed E-state index contributed by atoms with van der Waals surface area (Å²) in [6, 6.07) is 7.55. The third-order valence-electron chi connectivity index (χ3n) is 4.40. The van der Waals surface area contributed by atoms with E-state index in [1.807, 2.05) is 18.2 Å². The quantitative estimate of drug-likeness (QED) is 0.870. The molecule has 2 aliphatic heterocycles. The van der Waals surface area contributed by atoms with Gasteiger partial charge in [-0.05, 0) is 24.5 Å². The number of piperidine rings is 1. The van der Waals surface area contributed by atoms with E-state index >= 15 is 0 Å². The molecule has 1 saturated heterocycles. The highest BCUT2D eigenvalue weighted by Gasteiger charge is 2.28. The van der Waals surface area contributed by atoms with Crippen LogP contribution in [0.25, 0.3) is 0 Å². The van der Waals surface area contributed by atoms with Crippen LogP contribution >= 0.6 is 0 Å². The molecule has 3 rings (SSSR count). The number of benzene rings is 1. The van der Waals surface area contributed by atoms with Gasteiger partial charge in [0.15, 0.2) is 0 Å². The SMILES string of the molecule is NC(=O)N1CCC(C(=O)NC[C@H]2Cc3ccccc3O2)CC1. The molecular weight excluding hydrogens is 282 g/mol. The van der Waals surface area contributed by atoms with E-state index in [1.165, 1.54) is 5.56 Å². The number of para-hydroxylation sites is 1. The van der Waals surface area contributed by atoms with E-state index in [2.05, 4.69) is 11.4 Å². The molecule has 0 aromatic heterocycles.